The van der Waals surface area contributed by atoms with Crippen LogP contribution in [0.2, 0.25) is 0 Å². The minimum Gasteiger partial charge on any atom is -0.302 e. The highest BCUT2D eigenvalue weighted by Crippen LogP contribution is 2.28. The van der Waals surface area contributed by atoms with Crippen LogP contribution >= 0.6 is 23.1 Å². The van der Waals surface area contributed by atoms with Gasteiger partial charge in [-0.15, -0.1) is 11.3 Å². The van der Waals surface area contributed by atoms with Gasteiger partial charge >= 0.3 is 0 Å². The first-order valence-electron chi connectivity index (χ1n) is 6.85. The summed E-state index contributed by atoms with van der Waals surface area (Å²) in [5.41, 5.74) is 1.38. The molecule has 1 aliphatic rings. The third kappa shape index (κ3) is 3.41. The molecule has 0 aliphatic carbocycles. The second-order valence-electron chi connectivity index (χ2n) is 4.94. The Kier molecular flexibility index (Phi) is 4.59. The van der Waals surface area contributed by atoms with Crippen LogP contribution in [0, 0.1) is 0 Å². The largest absolute Gasteiger partial charge is 0.302 e. The molecule has 1 aromatic heterocycles. The number of thiophene rings is 1. The summed E-state index contributed by atoms with van der Waals surface area (Å²) >= 11 is 3.92. The van der Waals surface area contributed by atoms with E-state index in [1.54, 1.807) is 0 Å². The summed E-state index contributed by atoms with van der Waals surface area (Å²) < 4.78 is 0. The van der Waals surface area contributed by atoms with E-state index in [0.29, 0.717) is 12.1 Å². The van der Waals surface area contributed by atoms with E-state index >= 15 is 0 Å². The van der Waals surface area contributed by atoms with Gasteiger partial charge in [-0.1, -0.05) is 36.4 Å². The standard InChI is InChI=1S/C16H19NS2/c1-2-6-13(7-3-1)16(15-9-5-11-19-15)17-14-8-4-10-18-12-14/h1-3,5-7,9,11,14,16-17H,4,8,10,12H2. The summed E-state index contributed by atoms with van der Waals surface area (Å²) in [6, 6.07) is 16.2. The number of rotatable bonds is 4. The SMILES string of the molecule is c1ccc(C(NC2CCCSC2)c2cccs2)cc1. The minimum absolute atomic E-state index is 0.352. The quantitative estimate of drug-likeness (QED) is 0.899. The molecule has 2 atom stereocenters. The predicted octanol–water partition coefficient (Wildman–Crippen LogP) is 4.32. The number of hydrogen-bond donors (Lipinski definition) is 1. The van der Waals surface area contributed by atoms with E-state index in [-0.39, 0.29) is 0 Å². The average Bonchev–Trinajstić information content (AvgIpc) is 3.01. The lowest BCUT2D eigenvalue weighted by molar-refractivity contribution is 0.472. The van der Waals surface area contributed by atoms with Gasteiger partial charge in [0, 0.05) is 16.7 Å². The minimum atomic E-state index is 0.352. The maximum absolute atomic E-state index is 3.86. The number of benzene rings is 1. The molecule has 1 fully saturated rings. The molecule has 1 aromatic carbocycles. The maximum Gasteiger partial charge on any atom is 0.0673 e. The summed E-state index contributed by atoms with van der Waals surface area (Å²) in [7, 11) is 0. The summed E-state index contributed by atoms with van der Waals surface area (Å²) in [5.74, 6) is 2.57. The third-order valence-electron chi connectivity index (χ3n) is 3.52. The summed E-state index contributed by atoms with van der Waals surface area (Å²) in [4.78, 5) is 1.42. The lowest BCUT2D eigenvalue weighted by atomic mass is 10.0. The average molecular weight is 289 g/mol. The van der Waals surface area contributed by atoms with Gasteiger partial charge in [-0.05, 0) is 35.6 Å². The highest BCUT2D eigenvalue weighted by Gasteiger charge is 2.21. The normalized spacial score (nSPS) is 21.2. The van der Waals surface area contributed by atoms with Crippen molar-refractivity contribution in [1.29, 1.82) is 0 Å². The fraction of sp³-hybridized carbons (Fsp3) is 0.375. The van der Waals surface area contributed by atoms with Crippen molar-refractivity contribution in [2.45, 2.75) is 24.9 Å². The lowest BCUT2D eigenvalue weighted by Gasteiger charge is -2.28. The van der Waals surface area contributed by atoms with Crippen molar-refractivity contribution in [2.24, 2.45) is 0 Å². The Labute approximate surface area is 123 Å². The molecule has 2 aromatic rings. The van der Waals surface area contributed by atoms with Crippen LogP contribution in [0.5, 0.6) is 0 Å². The first-order chi connectivity index (χ1) is 9.43. The molecular weight excluding hydrogens is 270 g/mol. The molecule has 2 unspecified atom stereocenters. The molecule has 0 radical (unpaired) electrons. The van der Waals surface area contributed by atoms with Crippen LogP contribution in [0.1, 0.15) is 29.3 Å². The Bertz CT molecular complexity index is 475. The second-order valence-corrected chi connectivity index (χ2v) is 7.07. The fourth-order valence-electron chi connectivity index (χ4n) is 2.55. The number of hydrogen-bond acceptors (Lipinski definition) is 3. The molecule has 0 bridgehead atoms. The summed E-state index contributed by atoms with van der Waals surface area (Å²) in [6.07, 6.45) is 2.65. The molecule has 100 valence electrons. The van der Waals surface area contributed by atoms with Crippen LogP contribution in [0.15, 0.2) is 47.8 Å². The van der Waals surface area contributed by atoms with E-state index in [2.05, 4.69) is 64.9 Å². The van der Waals surface area contributed by atoms with Gasteiger partial charge in [0.15, 0.2) is 0 Å². The van der Waals surface area contributed by atoms with E-state index in [9.17, 15) is 0 Å². The van der Waals surface area contributed by atoms with Crippen molar-refractivity contribution in [3.8, 4) is 0 Å². The van der Waals surface area contributed by atoms with Crippen LogP contribution in [-0.4, -0.2) is 17.5 Å². The van der Waals surface area contributed by atoms with Crippen LogP contribution in [-0.2, 0) is 0 Å². The Morgan fingerprint density at radius 3 is 2.68 bits per heavy atom. The monoisotopic (exact) mass is 289 g/mol. The Morgan fingerprint density at radius 1 is 1.11 bits per heavy atom. The van der Waals surface area contributed by atoms with Crippen molar-refractivity contribution in [3.05, 3.63) is 58.3 Å². The van der Waals surface area contributed by atoms with Crippen LogP contribution in [0.3, 0.4) is 0 Å². The molecule has 2 heterocycles. The van der Waals surface area contributed by atoms with Gasteiger partial charge in [0.25, 0.3) is 0 Å². The third-order valence-corrected chi connectivity index (χ3v) is 5.68. The first-order valence-corrected chi connectivity index (χ1v) is 8.89. The van der Waals surface area contributed by atoms with Gasteiger partial charge in [0.2, 0.25) is 0 Å². The van der Waals surface area contributed by atoms with Crippen molar-refractivity contribution < 1.29 is 0 Å². The Balaban J connectivity index is 1.80. The molecule has 3 heteroatoms. The zero-order valence-corrected chi connectivity index (χ0v) is 12.6. The smallest absolute Gasteiger partial charge is 0.0673 e. The first kappa shape index (κ1) is 13.2. The van der Waals surface area contributed by atoms with Crippen molar-refractivity contribution in [2.75, 3.05) is 11.5 Å². The topological polar surface area (TPSA) is 12.0 Å². The van der Waals surface area contributed by atoms with Gasteiger partial charge < -0.3 is 5.32 Å². The summed E-state index contributed by atoms with van der Waals surface area (Å²) in [5, 5.41) is 6.03. The second kappa shape index (κ2) is 6.60. The maximum atomic E-state index is 3.86. The highest BCUT2D eigenvalue weighted by atomic mass is 32.2. The van der Waals surface area contributed by atoms with Crippen molar-refractivity contribution in [3.63, 3.8) is 0 Å². The molecule has 0 amide bonds. The van der Waals surface area contributed by atoms with Crippen molar-refractivity contribution in [1.82, 2.24) is 5.32 Å². The van der Waals surface area contributed by atoms with Gasteiger partial charge in [0.1, 0.15) is 0 Å². The fourth-order valence-corrected chi connectivity index (χ4v) is 4.45. The molecule has 3 rings (SSSR count). The predicted molar refractivity (Wildman–Crippen MR) is 86.1 cm³/mol. The molecule has 19 heavy (non-hydrogen) atoms. The van der Waals surface area contributed by atoms with Crippen LogP contribution in [0.25, 0.3) is 0 Å². The van der Waals surface area contributed by atoms with E-state index < -0.39 is 0 Å². The Morgan fingerprint density at radius 2 is 2.00 bits per heavy atom. The zero-order valence-electron chi connectivity index (χ0n) is 10.9. The van der Waals surface area contributed by atoms with Gasteiger partial charge in [-0.25, -0.2) is 0 Å². The summed E-state index contributed by atoms with van der Waals surface area (Å²) in [6.45, 7) is 0. The molecule has 1 nitrogen and oxygen atoms in total. The molecule has 1 aliphatic heterocycles. The number of nitrogens with one attached hydrogen (secondary N) is 1. The van der Waals surface area contributed by atoms with Crippen LogP contribution in [0.4, 0.5) is 0 Å². The zero-order chi connectivity index (χ0) is 12.9. The molecule has 1 saturated heterocycles. The molecule has 0 spiro atoms. The van der Waals surface area contributed by atoms with Gasteiger partial charge in [0.05, 0.1) is 6.04 Å². The number of thioether (sulfide) groups is 1. The van der Waals surface area contributed by atoms with Gasteiger partial charge in [-0.2, -0.15) is 11.8 Å². The van der Waals surface area contributed by atoms with Crippen molar-refractivity contribution >= 4 is 23.1 Å². The van der Waals surface area contributed by atoms with Crippen LogP contribution < -0.4 is 5.32 Å². The molecule has 1 N–H and O–H groups in total. The van der Waals surface area contributed by atoms with Gasteiger partial charge in [-0.3, -0.25) is 0 Å². The molecular formula is C16H19NS2. The lowest BCUT2D eigenvalue weighted by Crippen LogP contribution is -2.36. The van der Waals surface area contributed by atoms with E-state index in [1.807, 2.05) is 11.3 Å². The van der Waals surface area contributed by atoms with E-state index in [1.165, 1.54) is 34.8 Å². The van der Waals surface area contributed by atoms with E-state index in [4.69, 9.17) is 0 Å². The van der Waals surface area contributed by atoms with E-state index in [0.717, 1.165) is 0 Å². The molecule has 0 saturated carbocycles. The highest BCUT2D eigenvalue weighted by molar-refractivity contribution is 7.99. The Hall–Kier alpha value is -0.770.